The molecule has 0 bridgehead atoms. The summed E-state index contributed by atoms with van der Waals surface area (Å²) in [5.74, 6) is -0.584. The zero-order valence-electron chi connectivity index (χ0n) is 11.6. The summed E-state index contributed by atoms with van der Waals surface area (Å²) in [5, 5.41) is 0. The highest BCUT2D eigenvalue weighted by molar-refractivity contribution is 7.89. The van der Waals surface area contributed by atoms with Crippen molar-refractivity contribution in [3.05, 3.63) is 35.2 Å². The summed E-state index contributed by atoms with van der Waals surface area (Å²) in [4.78, 5) is 0.0888. The standard InChI is InChI=1S/C14H19FN2O2S/c1-9-8-12(15)13(16)10(2)14(9)20(18,19)17-11-6-4-3-5-7-11/h3-4,8,11,17H,5-7,16H2,1-2H3. The Hall–Kier alpha value is -1.40. The first-order valence-corrected chi connectivity index (χ1v) is 8.03. The molecule has 0 radical (unpaired) electrons. The molecular formula is C14H19FN2O2S. The highest BCUT2D eigenvalue weighted by Crippen LogP contribution is 2.28. The van der Waals surface area contributed by atoms with Gasteiger partial charge in [-0.2, -0.15) is 0 Å². The molecular weight excluding hydrogens is 279 g/mol. The van der Waals surface area contributed by atoms with E-state index in [0.717, 1.165) is 18.9 Å². The normalized spacial score (nSPS) is 19.2. The van der Waals surface area contributed by atoms with Crippen LogP contribution >= 0.6 is 0 Å². The van der Waals surface area contributed by atoms with Crippen LogP contribution in [0.3, 0.4) is 0 Å². The van der Waals surface area contributed by atoms with Crippen molar-refractivity contribution in [1.82, 2.24) is 4.72 Å². The topological polar surface area (TPSA) is 72.2 Å². The van der Waals surface area contributed by atoms with Gasteiger partial charge >= 0.3 is 0 Å². The van der Waals surface area contributed by atoms with Gasteiger partial charge in [0, 0.05) is 6.04 Å². The Labute approximate surface area is 118 Å². The molecule has 6 heteroatoms. The molecule has 4 nitrogen and oxygen atoms in total. The van der Waals surface area contributed by atoms with Gasteiger partial charge in [-0.3, -0.25) is 0 Å². The lowest BCUT2D eigenvalue weighted by atomic mass is 10.0. The largest absolute Gasteiger partial charge is 0.396 e. The fourth-order valence-corrected chi connectivity index (χ4v) is 4.29. The Bertz CT molecular complexity index is 654. The molecule has 0 aliphatic heterocycles. The number of aryl methyl sites for hydroxylation is 1. The third-order valence-electron chi connectivity index (χ3n) is 3.56. The fourth-order valence-electron chi connectivity index (χ4n) is 2.52. The average Bonchev–Trinajstić information content (AvgIpc) is 2.36. The molecule has 1 atom stereocenters. The predicted molar refractivity (Wildman–Crippen MR) is 77.4 cm³/mol. The van der Waals surface area contributed by atoms with Gasteiger partial charge in [0.15, 0.2) is 0 Å². The summed E-state index contributed by atoms with van der Waals surface area (Å²) in [5.41, 5.74) is 6.13. The molecule has 1 aliphatic rings. The van der Waals surface area contributed by atoms with E-state index >= 15 is 0 Å². The minimum Gasteiger partial charge on any atom is -0.396 e. The van der Waals surface area contributed by atoms with Gasteiger partial charge in [-0.1, -0.05) is 12.2 Å². The average molecular weight is 298 g/mol. The minimum absolute atomic E-state index is 0.0888. The number of anilines is 1. The maximum Gasteiger partial charge on any atom is 0.241 e. The summed E-state index contributed by atoms with van der Waals surface area (Å²) in [6.07, 6.45) is 6.31. The molecule has 1 aromatic rings. The SMILES string of the molecule is Cc1cc(F)c(N)c(C)c1S(=O)(=O)NC1CC=CCC1. The van der Waals surface area contributed by atoms with E-state index in [9.17, 15) is 12.8 Å². The van der Waals surface area contributed by atoms with Crippen molar-refractivity contribution in [3.63, 3.8) is 0 Å². The van der Waals surface area contributed by atoms with Gasteiger partial charge in [0.2, 0.25) is 10.0 Å². The van der Waals surface area contributed by atoms with Crippen LogP contribution in [0, 0.1) is 19.7 Å². The molecule has 0 saturated carbocycles. The Morgan fingerprint density at radius 1 is 1.35 bits per heavy atom. The van der Waals surface area contributed by atoms with Crippen LogP contribution in [0.1, 0.15) is 30.4 Å². The van der Waals surface area contributed by atoms with Gasteiger partial charge in [-0.15, -0.1) is 0 Å². The van der Waals surface area contributed by atoms with Crippen LogP contribution in [0.25, 0.3) is 0 Å². The van der Waals surface area contributed by atoms with E-state index in [1.807, 2.05) is 12.2 Å². The first-order valence-electron chi connectivity index (χ1n) is 6.55. The zero-order chi connectivity index (χ0) is 14.9. The molecule has 3 N–H and O–H groups in total. The van der Waals surface area contributed by atoms with Crippen molar-refractivity contribution >= 4 is 15.7 Å². The lowest BCUT2D eigenvalue weighted by molar-refractivity contribution is 0.521. The van der Waals surface area contributed by atoms with Crippen LogP contribution in [0.5, 0.6) is 0 Å². The summed E-state index contributed by atoms with van der Waals surface area (Å²) in [7, 11) is -3.69. The number of sulfonamides is 1. The molecule has 20 heavy (non-hydrogen) atoms. The van der Waals surface area contributed by atoms with Crippen molar-refractivity contribution in [2.45, 2.75) is 44.0 Å². The smallest absolute Gasteiger partial charge is 0.241 e. The number of hydrogen-bond acceptors (Lipinski definition) is 3. The van der Waals surface area contributed by atoms with Crippen molar-refractivity contribution in [2.75, 3.05) is 5.73 Å². The van der Waals surface area contributed by atoms with E-state index < -0.39 is 15.8 Å². The zero-order valence-corrected chi connectivity index (χ0v) is 12.4. The van der Waals surface area contributed by atoms with Crippen LogP contribution in [0.15, 0.2) is 23.1 Å². The number of nitrogen functional groups attached to an aromatic ring is 1. The number of nitrogens with one attached hydrogen (secondary N) is 1. The van der Waals surface area contributed by atoms with Crippen molar-refractivity contribution in [2.24, 2.45) is 0 Å². The minimum atomic E-state index is -3.69. The van der Waals surface area contributed by atoms with E-state index in [1.54, 1.807) is 6.92 Å². The highest BCUT2D eigenvalue weighted by atomic mass is 32.2. The summed E-state index contributed by atoms with van der Waals surface area (Å²) in [6.45, 7) is 3.10. The third kappa shape index (κ3) is 2.86. The summed E-state index contributed by atoms with van der Waals surface area (Å²) in [6, 6.07) is 1.05. The molecule has 2 rings (SSSR count). The fraction of sp³-hybridized carbons (Fsp3) is 0.429. The van der Waals surface area contributed by atoms with E-state index in [1.165, 1.54) is 6.92 Å². The molecule has 0 saturated heterocycles. The highest BCUT2D eigenvalue weighted by Gasteiger charge is 2.25. The van der Waals surface area contributed by atoms with Crippen molar-refractivity contribution < 1.29 is 12.8 Å². The molecule has 1 aliphatic carbocycles. The van der Waals surface area contributed by atoms with E-state index in [0.29, 0.717) is 12.0 Å². The van der Waals surface area contributed by atoms with E-state index in [4.69, 9.17) is 5.73 Å². The van der Waals surface area contributed by atoms with Gasteiger partial charge < -0.3 is 5.73 Å². The maximum absolute atomic E-state index is 13.5. The lowest BCUT2D eigenvalue weighted by Gasteiger charge is -2.21. The number of nitrogens with two attached hydrogens (primary N) is 1. The first kappa shape index (κ1) is 15.0. The first-order chi connectivity index (χ1) is 9.33. The molecule has 110 valence electrons. The third-order valence-corrected chi connectivity index (χ3v) is 5.37. The summed E-state index contributed by atoms with van der Waals surface area (Å²) >= 11 is 0. The second kappa shape index (κ2) is 5.54. The van der Waals surface area contributed by atoms with Crippen molar-refractivity contribution in [1.29, 1.82) is 0 Å². The summed E-state index contributed by atoms with van der Waals surface area (Å²) < 4.78 is 41.2. The van der Waals surface area contributed by atoms with Gasteiger partial charge in [0.1, 0.15) is 5.82 Å². The number of rotatable bonds is 3. The monoisotopic (exact) mass is 298 g/mol. The van der Waals surface area contributed by atoms with Crippen molar-refractivity contribution in [3.8, 4) is 0 Å². The van der Waals surface area contributed by atoms with Crippen LogP contribution in [-0.4, -0.2) is 14.5 Å². The second-order valence-electron chi connectivity index (χ2n) is 5.15. The number of hydrogen-bond donors (Lipinski definition) is 2. The molecule has 0 aromatic heterocycles. The van der Waals surface area contributed by atoms with Gasteiger partial charge in [-0.25, -0.2) is 17.5 Å². The Balaban J connectivity index is 2.39. The quantitative estimate of drug-likeness (QED) is 0.665. The molecule has 0 heterocycles. The van der Waals surface area contributed by atoms with E-state index in [-0.39, 0.29) is 22.2 Å². The molecule has 0 amide bonds. The molecule has 0 spiro atoms. The predicted octanol–water partition coefficient (Wildman–Crippen LogP) is 2.41. The van der Waals surface area contributed by atoms with Gasteiger partial charge in [-0.05, 0) is 50.3 Å². The van der Waals surface area contributed by atoms with Gasteiger partial charge in [0.25, 0.3) is 0 Å². The Morgan fingerprint density at radius 3 is 2.65 bits per heavy atom. The maximum atomic E-state index is 13.5. The number of allylic oxidation sites excluding steroid dienone is 1. The molecule has 1 aromatic carbocycles. The van der Waals surface area contributed by atoms with Crippen LogP contribution < -0.4 is 10.5 Å². The Morgan fingerprint density at radius 2 is 2.05 bits per heavy atom. The van der Waals surface area contributed by atoms with E-state index in [2.05, 4.69) is 4.72 Å². The number of benzene rings is 1. The molecule has 1 unspecified atom stereocenters. The van der Waals surface area contributed by atoms with Crippen LogP contribution in [-0.2, 0) is 10.0 Å². The lowest BCUT2D eigenvalue weighted by Crippen LogP contribution is -2.36. The second-order valence-corrected chi connectivity index (χ2v) is 6.80. The number of halogens is 1. The van der Waals surface area contributed by atoms with Crippen LogP contribution in [0.4, 0.5) is 10.1 Å². The molecule has 0 fully saturated rings. The van der Waals surface area contributed by atoms with Gasteiger partial charge in [0.05, 0.1) is 10.6 Å². The Kier molecular flexibility index (Phi) is 4.15. The van der Waals surface area contributed by atoms with Crippen LogP contribution in [0.2, 0.25) is 0 Å².